The number of aryl methyl sites for hydroxylation is 1. The summed E-state index contributed by atoms with van der Waals surface area (Å²) in [6, 6.07) is 19.6. The van der Waals surface area contributed by atoms with Crippen molar-refractivity contribution in [1.29, 1.82) is 0 Å². The number of ether oxygens (including phenoxy) is 2. The van der Waals surface area contributed by atoms with Crippen molar-refractivity contribution in [3.05, 3.63) is 95.1 Å². The van der Waals surface area contributed by atoms with Crippen LogP contribution in [-0.4, -0.2) is 41.4 Å². The number of rotatable bonds is 10. The average molecular weight is 507 g/mol. The minimum Gasteiger partial charge on any atom is -0.496 e. The molecule has 9 heteroatoms. The first-order chi connectivity index (χ1) is 17.5. The standard InChI is InChI=1S/C27H27FN4O3S/c1-18-7-4-5-8-19(18)17-36-27-31-30-24(32(27)21-13-11-20(28)12-14-21)15-16-29-26(33)25-22(34-2)9-6-10-23(25)35-3/h4-14H,15-17H2,1-3H3,(H,29,33). The van der Waals surface area contributed by atoms with Crippen LogP contribution >= 0.6 is 11.8 Å². The Kier molecular flexibility index (Phi) is 8.22. The lowest BCUT2D eigenvalue weighted by atomic mass is 10.1. The van der Waals surface area contributed by atoms with Gasteiger partial charge in [-0.2, -0.15) is 0 Å². The molecule has 186 valence electrons. The van der Waals surface area contributed by atoms with Crippen molar-refractivity contribution >= 4 is 17.7 Å². The largest absolute Gasteiger partial charge is 0.496 e. The second kappa shape index (κ2) is 11.7. The van der Waals surface area contributed by atoms with Crippen LogP contribution < -0.4 is 14.8 Å². The Morgan fingerprint density at radius 1 is 0.972 bits per heavy atom. The first-order valence-corrected chi connectivity index (χ1v) is 12.4. The molecule has 0 atom stereocenters. The number of hydrogen-bond donors (Lipinski definition) is 1. The highest BCUT2D eigenvalue weighted by atomic mass is 32.2. The summed E-state index contributed by atoms with van der Waals surface area (Å²) < 4.78 is 26.2. The summed E-state index contributed by atoms with van der Waals surface area (Å²) in [5.74, 6) is 1.59. The van der Waals surface area contributed by atoms with Crippen molar-refractivity contribution in [3.8, 4) is 17.2 Å². The molecule has 0 radical (unpaired) electrons. The van der Waals surface area contributed by atoms with Gasteiger partial charge in [0.05, 0.1) is 14.2 Å². The minimum atomic E-state index is -0.319. The summed E-state index contributed by atoms with van der Waals surface area (Å²) in [4.78, 5) is 12.9. The molecule has 3 aromatic carbocycles. The summed E-state index contributed by atoms with van der Waals surface area (Å²) in [5.41, 5.74) is 3.49. The van der Waals surface area contributed by atoms with Crippen molar-refractivity contribution in [2.24, 2.45) is 0 Å². The van der Waals surface area contributed by atoms with Gasteiger partial charge < -0.3 is 14.8 Å². The van der Waals surface area contributed by atoms with E-state index < -0.39 is 0 Å². The molecule has 1 heterocycles. The van der Waals surface area contributed by atoms with Gasteiger partial charge in [0, 0.05) is 24.4 Å². The van der Waals surface area contributed by atoms with Gasteiger partial charge in [-0.25, -0.2) is 4.39 Å². The Hall–Kier alpha value is -3.85. The number of nitrogens with zero attached hydrogens (tertiary/aromatic N) is 3. The molecule has 36 heavy (non-hydrogen) atoms. The quantitative estimate of drug-likeness (QED) is 0.305. The van der Waals surface area contributed by atoms with Gasteiger partial charge in [-0.1, -0.05) is 42.1 Å². The monoisotopic (exact) mass is 506 g/mol. The fraction of sp³-hybridized carbons (Fsp3) is 0.222. The summed E-state index contributed by atoms with van der Waals surface area (Å²) in [5, 5.41) is 12.4. The van der Waals surface area contributed by atoms with E-state index in [1.54, 1.807) is 42.1 Å². The normalized spacial score (nSPS) is 10.8. The van der Waals surface area contributed by atoms with Crippen LogP contribution in [0.15, 0.2) is 71.9 Å². The van der Waals surface area contributed by atoms with Crippen molar-refractivity contribution in [2.45, 2.75) is 24.3 Å². The van der Waals surface area contributed by atoms with E-state index in [-0.39, 0.29) is 11.7 Å². The highest BCUT2D eigenvalue weighted by Gasteiger charge is 2.19. The number of thioether (sulfide) groups is 1. The maximum absolute atomic E-state index is 13.6. The molecule has 0 spiro atoms. The minimum absolute atomic E-state index is 0.307. The second-order valence-corrected chi connectivity index (χ2v) is 8.91. The maximum Gasteiger partial charge on any atom is 0.258 e. The van der Waals surface area contributed by atoms with Gasteiger partial charge in [-0.05, 0) is 54.4 Å². The van der Waals surface area contributed by atoms with E-state index in [0.717, 1.165) is 11.4 Å². The number of benzene rings is 3. The van der Waals surface area contributed by atoms with Crippen LogP contribution in [0.3, 0.4) is 0 Å². The smallest absolute Gasteiger partial charge is 0.258 e. The van der Waals surface area contributed by atoms with Crippen molar-refractivity contribution in [3.63, 3.8) is 0 Å². The number of amides is 1. The highest BCUT2D eigenvalue weighted by molar-refractivity contribution is 7.98. The molecule has 1 N–H and O–H groups in total. The first-order valence-electron chi connectivity index (χ1n) is 11.4. The van der Waals surface area contributed by atoms with Crippen LogP contribution in [0.25, 0.3) is 5.69 Å². The topological polar surface area (TPSA) is 78.3 Å². The Morgan fingerprint density at radius 3 is 2.33 bits per heavy atom. The lowest BCUT2D eigenvalue weighted by molar-refractivity contribution is 0.0947. The van der Waals surface area contributed by atoms with E-state index in [4.69, 9.17) is 9.47 Å². The molecular formula is C27H27FN4O3S. The highest BCUT2D eigenvalue weighted by Crippen LogP contribution is 2.29. The van der Waals surface area contributed by atoms with Gasteiger partial charge in [0.15, 0.2) is 5.16 Å². The van der Waals surface area contributed by atoms with Gasteiger partial charge >= 0.3 is 0 Å². The number of nitrogens with one attached hydrogen (secondary N) is 1. The third-order valence-electron chi connectivity index (χ3n) is 5.69. The summed E-state index contributed by atoms with van der Waals surface area (Å²) in [7, 11) is 3.01. The van der Waals surface area contributed by atoms with E-state index in [1.807, 2.05) is 16.7 Å². The lowest BCUT2D eigenvalue weighted by Gasteiger charge is -2.13. The zero-order chi connectivity index (χ0) is 25.5. The Morgan fingerprint density at radius 2 is 1.67 bits per heavy atom. The average Bonchev–Trinajstić information content (AvgIpc) is 3.30. The third-order valence-corrected chi connectivity index (χ3v) is 6.67. The van der Waals surface area contributed by atoms with Crippen molar-refractivity contribution < 1.29 is 18.7 Å². The first kappa shape index (κ1) is 25.2. The third kappa shape index (κ3) is 5.68. The molecule has 0 saturated heterocycles. The molecule has 1 amide bonds. The SMILES string of the molecule is COc1cccc(OC)c1C(=O)NCCc1nnc(SCc2ccccc2C)n1-c1ccc(F)cc1. The molecule has 0 aliphatic carbocycles. The molecule has 0 saturated carbocycles. The molecular weight excluding hydrogens is 479 g/mol. The molecule has 4 rings (SSSR count). The Labute approximate surface area is 213 Å². The van der Waals surface area contributed by atoms with E-state index in [9.17, 15) is 9.18 Å². The van der Waals surface area contributed by atoms with Crippen LogP contribution in [0.5, 0.6) is 11.5 Å². The molecule has 0 aliphatic heterocycles. The number of halogens is 1. The second-order valence-electron chi connectivity index (χ2n) is 7.97. The van der Waals surface area contributed by atoms with Crippen LogP contribution in [0.2, 0.25) is 0 Å². The van der Waals surface area contributed by atoms with Crippen LogP contribution in [0.1, 0.15) is 27.3 Å². The van der Waals surface area contributed by atoms with Gasteiger partial charge in [-0.15, -0.1) is 10.2 Å². The Bertz CT molecular complexity index is 1320. The Balaban J connectivity index is 1.53. The molecule has 0 aliphatic rings. The predicted octanol–water partition coefficient (Wildman–Crippen LogP) is 5.00. The maximum atomic E-state index is 13.6. The lowest BCUT2D eigenvalue weighted by Crippen LogP contribution is -2.27. The molecule has 0 bridgehead atoms. The number of carbonyl (C=O) groups excluding carboxylic acids is 1. The fourth-order valence-electron chi connectivity index (χ4n) is 3.77. The van der Waals surface area contributed by atoms with Gasteiger partial charge in [-0.3, -0.25) is 9.36 Å². The van der Waals surface area contributed by atoms with Crippen molar-refractivity contribution in [2.75, 3.05) is 20.8 Å². The molecule has 0 fully saturated rings. The summed E-state index contributed by atoms with van der Waals surface area (Å²) >= 11 is 1.56. The van der Waals surface area contributed by atoms with E-state index in [2.05, 4.69) is 34.6 Å². The summed E-state index contributed by atoms with van der Waals surface area (Å²) in [6.45, 7) is 2.38. The van der Waals surface area contributed by atoms with Crippen LogP contribution in [0.4, 0.5) is 4.39 Å². The van der Waals surface area contributed by atoms with Gasteiger partial charge in [0.1, 0.15) is 28.7 Å². The van der Waals surface area contributed by atoms with Crippen LogP contribution in [-0.2, 0) is 12.2 Å². The predicted molar refractivity (Wildman–Crippen MR) is 138 cm³/mol. The summed E-state index contributed by atoms with van der Waals surface area (Å²) in [6.07, 6.45) is 0.415. The molecule has 4 aromatic rings. The molecule has 0 unspecified atom stereocenters. The fourth-order valence-corrected chi connectivity index (χ4v) is 4.82. The number of carbonyl (C=O) groups is 1. The van der Waals surface area contributed by atoms with Gasteiger partial charge in [0.25, 0.3) is 5.91 Å². The zero-order valence-electron chi connectivity index (χ0n) is 20.3. The van der Waals surface area contributed by atoms with Gasteiger partial charge in [0.2, 0.25) is 0 Å². The molecule has 1 aromatic heterocycles. The van der Waals surface area contributed by atoms with Crippen LogP contribution in [0, 0.1) is 12.7 Å². The molecule has 7 nitrogen and oxygen atoms in total. The van der Waals surface area contributed by atoms with E-state index in [1.165, 1.54) is 37.5 Å². The number of aromatic nitrogens is 3. The van der Waals surface area contributed by atoms with E-state index >= 15 is 0 Å². The number of hydrogen-bond acceptors (Lipinski definition) is 6. The zero-order valence-corrected chi connectivity index (χ0v) is 21.1. The van der Waals surface area contributed by atoms with Crippen molar-refractivity contribution in [1.82, 2.24) is 20.1 Å². The number of methoxy groups -OCH3 is 2. The van der Waals surface area contributed by atoms with E-state index in [0.29, 0.717) is 41.0 Å².